The monoisotopic (exact) mass is 425 g/mol. The summed E-state index contributed by atoms with van der Waals surface area (Å²) in [6.45, 7) is 3.24. The molecule has 3 N–H and O–H groups in total. The Hall–Kier alpha value is -2.74. The first-order chi connectivity index (χ1) is 14.3. The highest BCUT2D eigenvalue weighted by Crippen LogP contribution is 2.41. The van der Waals surface area contributed by atoms with Crippen molar-refractivity contribution in [1.29, 1.82) is 0 Å². The predicted molar refractivity (Wildman–Crippen MR) is 118 cm³/mol. The maximum absolute atomic E-state index is 12.8. The van der Waals surface area contributed by atoms with Crippen LogP contribution in [0.25, 0.3) is 10.9 Å². The van der Waals surface area contributed by atoms with Crippen LogP contribution in [0.15, 0.2) is 33.6 Å². The van der Waals surface area contributed by atoms with Gasteiger partial charge in [0.1, 0.15) is 5.56 Å². The number of anilines is 2. The number of hydrogen-bond donors (Lipinski definition) is 2. The van der Waals surface area contributed by atoms with Crippen molar-refractivity contribution in [2.24, 2.45) is 5.92 Å². The van der Waals surface area contributed by atoms with Gasteiger partial charge in [-0.25, -0.2) is 4.79 Å². The third-order valence-electron chi connectivity index (χ3n) is 6.24. The number of benzene rings is 1. The molecule has 1 aromatic carbocycles. The van der Waals surface area contributed by atoms with Crippen LogP contribution in [0.2, 0.25) is 0 Å². The number of nitrogen functional groups attached to an aromatic ring is 1. The second kappa shape index (κ2) is 6.91. The Bertz CT molecular complexity index is 1200. The van der Waals surface area contributed by atoms with Crippen LogP contribution in [0.5, 0.6) is 0 Å². The zero-order chi connectivity index (χ0) is 21.2. The Kier molecular flexibility index (Phi) is 4.43. The van der Waals surface area contributed by atoms with E-state index in [9.17, 15) is 19.5 Å². The number of carbonyl (C=O) groups excluding carboxylic acids is 1. The summed E-state index contributed by atoms with van der Waals surface area (Å²) in [6.07, 6.45) is 4.19. The predicted octanol–water partition coefficient (Wildman–Crippen LogP) is 3.03. The molecule has 156 valence electrons. The highest BCUT2D eigenvalue weighted by molar-refractivity contribution is 8.03. The molecule has 2 aromatic rings. The number of nitrogens with zero attached hydrogens (tertiary/aromatic N) is 2. The molecule has 30 heavy (non-hydrogen) atoms. The molecule has 1 aromatic heterocycles. The van der Waals surface area contributed by atoms with Gasteiger partial charge in [-0.1, -0.05) is 6.92 Å². The molecule has 2 aliphatic heterocycles. The number of aromatic carboxylic acids is 1. The highest BCUT2D eigenvalue weighted by atomic mass is 32.2. The van der Waals surface area contributed by atoms with Crippen LogP contribution in [-0.4, -0.2) is 40.3 Å². The molecular formula is C22H23N3O4S. The van der Waals surface area contributed by atoms with Gasteiger partial charge in [0, 0.05) is 48.0 Å². The van der Waals surface area contributed by atoms with Crippen molar-refractivity contribution in [3.63, 3.8) is 0 Å². The zero-order valence-electron chi connectivity index (χ0n) is 16.7. The van der Waals surface area contributed by atoms with Crippen LogP contribution in [-0.2, 0) is 4.79 Å². The number of Topliss-reactive ketones (excluding diaryl/α,β-unsaturated/α-hetero) is 1. The minimum absolute atomic E-state index is 0.0251. The van der Waals surface area contributed by atoms with Crippen molar-refractivity contribution in [1.82, 2.24) is 4.57 Å². The van der Waals surface area contributed by atoms with Gasteiger partial charge in [0.05, 0.1) is 16.9 Å². The highest BCUT2D eigenvalue weighted by Gasteiger charge is 2.32. The van der Waals surface area contributed by atoms with E-state index in [0.717, 1.165) is 42.8 Å². The summed E-state index contributed by atoms with van der Waals surface area (Å²) >= 11 is 1.78. The van der Waals surface area contributed by atoms with Gasteiger partial charge in [-0.05, 0) is 36.3 Å². The first-order valence-corrected chi connectivity index (χ1v) is 11.2. The van der Waals surface area contributed by atoms with Crippen molar-refractivity contribution in [3.05, 3.63) is 44.6 Å². The fraction of sp³-hybridized carbons (Fsp3) is 0.409. The smallest absolute Gasteiger partial charge is 0.341 e. The van der Waals surface area contributed by atoms with E-state index in [1.165, 1.54) is 11.1 Å². The molecule has 3 aliphatic rings. The number of pyridine rings is 1. The van der Waals surface area contributed by atoms with E-state index in [0.29, 0.717) is 23.1 Å². The van der Waals surface area contributed by atoms with Crippen LogP contribution >= 0.6 is 11.8 Å². The van der Waals surface area contributed by atoms with E-state index in [1.54, 1.807) is 17.8 Å². The Morgan fingerprint density at radius 3 is 2.73 bits per heavy atom. The SMILES string of the molecule is CC1CSC2=C(CN(c3cc4c(cc3N)c(=O)c(C(=O)O)cn4C3CC3)CC2)C1=O. The van der Waals surface area contributed by atoms with Gasteiger partial charge >= 0.3 is 5.97 Å². The lowest BCUT2D eigenvalue weighted by atomic mass is 9.96. The minimum atomic E-state index is -1.23. The summed E-state index contributed by atoms with van der Waals surface area (Å²) in [5.41, 5.74) is 8.41. The molecule has 1 atom stereocenters. The molecule has 1 aliphatic carbocycles. The molecule has 7 nitrogen and oxygen atoms in total. The number of carboxylic acids is 1. The molecule has 0 radical (unpaired) electrons. The number of aromatic nitrogens is 1. The number of nitrogens with two attached hydrogens (primary N) is 1. The second-order valence-electron chi connectivity index (χ2n) is 8.39. The average molecular weight is 426 g/mol. The number of fused-ring (bicyclic) bond motifs is 1. The molecule has 0 bridgehead atoms. The molecule has 1 unspecified atom stereocenters. The van der Waals surface area contributed by atoms with E-state index in [-0.39, 0.29) is 23.3 Å². The van der Waals surface area contributed by atoms with E-state index in [2.05, 4.69) is 4.90 Å². The summed E-state index contributed by atoms with van der Waals surface area (Å²) in [5, 5.41) is 9.78. The molecule has 5 rings (SSSR count). The molecule has 3 heterocycles. The van der Waals surface area contributed by atoms with Gasteiger partial charge in [-0.2, -0.15) is 0 Å². The van der Waals surface area contributed by atoms with Gasteiger partial charge in [0.15, 0.2) is 5.78 Å². The Morgan fingerprint density at radius 1 is 1.27 bits per heavy atom. The average Bonchev–Trinajstić information content (AvgIpc) is 3.56. The van der Waals surface area contributed by atoms with Crippen molar-refractivity contribution >= 4 is 45.8 Å². The van der Waals surface area contributed by atoms with Gasteiger partial charge in [0.2, 0.25) is 5.43 Å². The third-order valence-corrected chi connectivity index (χ3v) is 7.70. The number of carboxylic acid groups (broad SMARTS) is 1. The van der Waals surface area contributed by atoms with Crippen molar-refractivity contribution in [2.75, 3.05) is 29.5 Å². The molecule has 0 saturated heterocycles. The fourth-order valence-electron chi connectivity index (χ4n) is 4.41. The molecule has 1 fully saturated rings. The molecule has 0 spiro atoms. The molecule has 8 heteroatoms. The molecule has 0 amide bonds. The van der Waals surface area contributed by atoms with Gasteiger partial charge in [0.25, 0.3) is 0 Å². The standard InChI is InChI=1S/C22H23N3O4S/c1-11-10-30-19-4-5-24(8-14(19)20(11)26)18-7-17-13(6-16(18)23)21(27)15(22(28)29)9-25(17)12-2-3-12/h6-7,9,11-12H,2-5,8,10,23H2,1H3,(H,28,29). The maximum atomic E-state index is 12.8. The number of hydrogen-bond acceptors (Lipinski definition) is 6. The molecule has 1 saturated carbocycles. The number of carbonyl (C=O) groups is 2. The van der Waals surface area contributed by atoms with Crippen LogP contribution in [0.1, 0.15) is 42.6 Å². The van der Waals surface area contributed by atoms with Crippen molar-refractivity contribution in [2.45, 2.75) is 32.2 Å². The summed E-state index contributed by atoms with van der Waals surface area (Å²) < 4.78 is 1.90. The molecular weight excluding hydrogens is 402 g/mol. The van der Waals surface area contributed by atoms with Crippen LogP contribution in [0.4, 0.5) is 11.4 Å². The van der Waals surface area contributed by atoms with Crippen LogP contribution in [0, 0.1) is 5.92 Å². The van der Waals surface area contributed by atoms with Crippen LogP contribution in [0.3, 0.4) is 0 Å². The third kappa shape index (κ3) is 3.01. The van der Waals surface area contributed by atoms with E-state index in [4.69, 9.17) is 5.73 Å². The first-order valence-electron chi connectivity index (χ1n) is 10.2. The van der Waals surface area contributed by atoms with Crippen LogP contribution < -0.4 is 16.1 Å². The first kappa shape index (κ1) is 19.2. The Labute approximate surface area is 177 Å². The van der Waals surface area contributed by atoms with Gasteiger partial charge in [-0.3, -0.25) is 9.59 Å². The lowest BCUT2D eigenvalue weighted by Crippen LogP contribution is -2.37. The van der Waals surface area contributed by atoms with Crippen molar-refractivity contribution in [3.8, 4) is 0 Å². The fourth-order valence-corrected chi connectivity index (χ4v) is 5.58. The summed E-state index contributed by atoms with van der Waals surface area (Å²) in [7, 11) is 0. The van der Waals surface area contributed by atoms with E-state index >= 15 is 0 Å². The lowest BCUT2D eigenvalue weighted by molar-refractivity contribution is -0.118. The normalized spacial score (nSPS) is 21.8. The largest absolute Gasteiger partial charge is 0.477 e. The summed E-state index contributed by atoms with van der Waals surface area (Å²) in [4.78, 5) is 40.3. The summed E-state index contributed by atoms with van der Waals surface area (Å²) in [5.74, 6) is -0.141. The topological polar surface area (TPSA) is 106 Å². The number of rotatable bonds is 3. The minimum Gasteiger partial charge on any atom is -0.477 e. The van der Waals surface area contributed by atoms with E-state index in [1.807, 2.05) is 17.6 Å². The maximum Gasteiger partial charge on any atom is 0.341 e. The van der Waals surface area contributed by atoms with Crippen molar-refractivity contribution < 1.29 is 14.7 Å². The van der Waals surface area contributed by atoms with Gasteiger partial charge < -0.3 is 20.3 Å². The number of ketones is 1. The zero-order valence-corrected chi connectivity index (χ0v) is 17.5. The van der Waals surface area contributed by atoms with E-state index < -0.39 is 11.4 Å². The second-order valence-corrected chi connectivity index (χ2v) is 9.51. The quantitative estimate of drug-likeness (QED) is 0.728. The van der Waals surface area contributed by atoms with Gasteiger partial charge in [-0.15, -0.1) is 11.8 Å². The Morgan fingerprint density at radius 2 is 2.03 bits per heavy atom. The Balaban J connectivity index is 1.62. The lowest BCUT2D eigenvalue weighted by Gasteiger charge is -2.35. The summed E-state index contributed by atoms with van der Waals surface area (Å²) in [6, 6.07) is 3.70. The number of thioether (sulfide) groups is 1.